The van der Waals surface area contributed by atoms with Gasteiger partial charge < -0.3 is 14.4 Å². The molecule has 3 atom stereocenters. The summed E-state index contributed by atoms with van der Waals surface area (Å²) in [7, 11) is 0. The largest absolute Gasteiger partial charge is 0.377 e. The van der Waals surface area contributed by atoms with Crippen LogP contribution in [0.5, 0.6) is 0 Å². The molecule has 0 aromatic heterocycles. The average molecular weight is 464 g/mol. The summed E-state index contributed by atoms with van der Waals surface area (Å²) in [5, 5.41) is 16.0. The van der Waals surface area contributed by atoms with E-state index in [4.69, 9.17) is 14.9 Å². The van der Waals surface area contributed by atoms with Crippen molar-refractivity contribution in [3.8, 4) is 0 Å². The molecule has 5 heterocycles. The molecule has 0 aromatic carbocycles. The number of nitrogens with one attached hydrogen (secondary N) is 1. The number of nitrogens with zero attached hydrogens (tertiary/aromatic N) is 4. The van der Waals surface area contributed by atoms with Crippen LogP contribution in [0.2, 0.25) is 0 Å². The average Bonchev–Trinajstić information content (AvgIpc) is 3.51. The minimum Gasteiger partial charge on any atom is -0.377 e. The predicted octanol–water partition coefficient (Wildman–Crippen LogP) is 3.26. The third-order valence-corrected chi connectivity index (χ3v) is 8.61. The highest BCUT2D eigenvalue weighted by Gasteiger charge is 2.38. The number of fused-ring (bicyclic) bond motifs is 1. The van der Waals surface area contributed by atoms with Crippen LogP contribution in [-0.4, -0.2) is 75.1 Å². The van der Waals surface area contributed by atoms with E-state index in [1.807, 2.05) is 0 Å². The lowest BCUT2D eigenvalue weighted by atomic mass is 10.00. The molecule has 5 rings (SSSR count). The smallest absolute Gasteiger partial charge is 0.283 e. The second-order valence-corrected chi connectivity index (χ2v) is 10.9. The maximum Gasteiger partial charge on any atom is 0.283 e. The van der Waals surface area contributed by atoms with Crippen molar-refractivity contribution in [3.63, 3.8) is 0 Å². The maximum atomic E-state index is 12.7. The van der Waals surface area contributed by atoms with Crippen molar-refractivity contribution in [1.82, 2.24) is 9.91 Å². The lowest BCUT2D eigenvalue weighted by Gasteiger charge is -2.30. The molecule has 3 unspecified atom stereocenters. The van der Waals surface area contributed by atoms with E-state index in [0.717, 1.165) is 75.1 Å². The Labute approximate surface area is 191 Å². The summed E-state index contributed by atoms with van der Waals surface area (Å²) < 4.78 is 11.8. The van der Waals surface area contributed by atoms with Gasteiger partial charge in [0.2, 0.25) is 5.17 Å². The first-order valence-electron chi connectivity index (χ1n) is 11.2. The van der Waals surface area contributed by atoms with Gasteiger partial charge in [-0.25, -0.2) is 0 Å². The number of amides is 1. The maximum absolute atomic E-state index is 12.7. The molecule has 8 nitrogen and oxygen atoms in total. The van der Waals surface area contributed by atoms with Gasteiger partial charge >= 0.3 is 0 Å². The molecule has 31 heavy (non-hydrogen) atoms. The number of hydrazone groups is 1. The predicted molar refractivity (Wildman–Crippen MR) is 124 cm³/mol. The molecule has 168 valence electrons. The van der Waals surface area contributed by atoms with Crippen molar-refractivity contribution in [2.45, 2.75) is 63.1 Å². The molecule has 0 bridgehead atoms. The zero-order valence-electron chi connectivity index (χ0n) is 17.8. The number of hydrogen-bond donors (Lipinski definition) is 1. The zero-order chi connectivity index (χ0) is 21.4. The molecular weight excluding hydrogens is 434 g/mol. The van der Waals surface area contributed by atoms with E-state index in [0.29, 0.717) is 11.3 Å². The summed E-state index contributed by atoms with van der Waals surface area (Å²) in [6.07, 6.45) is 8.29. The number of hydrogen-bond acceptors (Lipinski definition) is 8. The third-order valence-electron chi connectivity index (χ3n) is 6.36. The monoisotopic (exact) mass is 463 g/mol. The van der Waals surface area contributed by atoms with Gasteiger partial charge in [0, 0.05) is 25.4 Å². The Morgan fingerprint density at radius 1 is 1.23 bits per heavy atom. The number of piperidine rings is 1. The number of ether oxygens (including phenoxy) is 2. The summed E-state index contributed by atoms with van der Waals surface area (Å²) >= 11 is 3.19. The fraction of sp³-hybridized carbons (Fsp3) is 0.714. The van der Waals surface area contributed by atoms with Crippen molar-refractivity contribution in [1.29, 1.82) is 5.41 Å². The standard InChI is InChI=1S/C21H29N5O3S2/c1-13-6-8-25(9-7-13)21-24-26-18(22)16(19(27)23-20(26)31-21)11-14-4-5-17(29-14)30-12-15-3-2-10-28-15/h11,13-15,17,22H,2-10,12H2,1H3/b16-11+,22-18?. The molecule has 10 heteroatoms. The van der Waals surface area contributed by atoms with E-state index in [9.17, 15) is 4.79 Å². The summed E-state index contributed by atoms with van der Waals surface area (Å²) in [6, 6.07) is 0. The van der Waals surface area contributed by atoms with Crippen molar-refractivity contribution in [2.75, 3.05) is 25.4 Å². The molecule has 0 saturated carbocycles. The van der Waals surface area contributed by atoms with Gasteiger partial charge in [0.05, 0.1) is 17.8 Å². The third kappa shape index (κ3) is 4.72. The van der Waals surface area contributed by atoms with Gasteiger partial charge in [-0.3, -0.25) is 10.2 Å². The van der Waals surface area contributed by atoms with E-state index in [1.54, 1.807) is 17.8 Å². The minimum atomic E-state index is -0.369. The molecule has 0 spiro atoms. The van der Waals surface area contributed by atoms with Crippen molar-refractivity contribution < 1.29 is 14.3 Å². The molecule has 1 N–H and O–H groups in total. The SMILES string of the molecule is CC1CCN(C2=NN3C(=N)/C(=C\C4CCC(SCC5CCCO5)O4)C(=O)N=C3S2)CC1. The van der Waals surface area contributed by atoms with Crippen molar-refractivity contribution >= 4 is 45.6 Å². The first-order valence-corrected chi connectivity index (χ1v) is 13.1. The zero-order valence-corrected chi connectivity index (χ0v) is 19.4. The summed E-state index contributed by atoms with van der Waals surface area (Å²) in [4.78, 5) is 19.1. The van der Waals surface area contributed by atoms with Gasteiger partial charge in [-0.1, -0.05) is 6.92 Å². The molecule has 5 aliphatic rings. The van der Waals surface area contributed by atoms with Crippen LogP contribution in [0.15, 0.2) is 21.7 Å². The van der Waals surface area contributed by atoms with E-state index in [-0.39, 0.29) is 28.9 Å². The van der Waals surface area contributed by atoms with Gasteiger partial charge in [0.1, 0.15) is 5.44 Å². The number of aliphatic imine (C=N–C) groups is 1. The molecule has 0 aliphatic carbocycles. The highest BCUT2D eigenvalue weighted by atomic mass is 32.2. The van der Waals surface area contributed by atoms with E-state index in [2.05, 4.69) is 21.9 Å². The second kappa shape index (κ2) is 9.25. The quantitative estimate of drug-likeness (QED) is 0.640. The number of amidine groups is 3. The van der Waals surface area contributed by atoms with Crippen LogP contribution in [0.3, 0.4) is 0 Å². The Kier molecular flexibility index (Phi) is 6.41. The molecule has 1 amide bonds. The summed E-state index contributed by atoms with van der Waals surface area (Å²) in [5.41, 5.74) is 0.405. The molecular formula is C21H29N5O3S2. The van der Waals surface area contributed by atoms with Crippen LogP contribution in [0, 0.1) is 11.3 Å². The fourth-order valence-corrected chi connectivity index (χ4v) is 6.54. The van der Waals surface area contributed by atoms with Gasteiger partial charge in [-0.2, -0.15) is 10.0 Å². The molecule has 0 radical (unpaired) electrons. The Morgan fingerprint density at radius 3 is 2.84 bits per heavy atom. The van der Waals surface area contributed by atoms with Crippen molar-refractivity contribution in [3.05, 3.63) is 11.6 Å². The number of likely N-dealkylation sites (tertiary alicyclic amines) is 1. The highest BCUT2D eigenvalue weighted by Crippen LogP contribution is 2.34. The lowest BCUT2D eigenvalue weighted by molar-refractivity contribution is -0.114. The van der Waals surface area contributed by atoms with Crippen LogP contribution in [-0.2, 0) is 14.3 Å². The number of carbonyl (C=O) groups is 1. The van der Waals surface area contributed by atoms with Gasteiger partial charge in [-0.15, -0.1) is 16.9 Å². The van der Waals surface area contributed by atoms with Crippen LogP contribution >= 0.6 is 23.5 Å². The van der Waals surface area contributed by atoms with Crippen LogP contribution in [0.25, 0.3) is 0 Å². The minimum absolute atomic E-state index is 0.0990. The molecule has 3 saturated heterocycles. The van der Waals surface area contributed by atoms with E-state index < -0.39 is 0 Å². The van der Waals surface area contributed by atoms with Gasteiger partial charge in [0.25, 0.3) is 5.91 Å². The van der Waals surface area contributed by atoms with Crippen LogP contribution in [0.4, 0.5) is 0 Å². The normalized spacial score (nSPS) is 33.3. The Balaban J connectivity index is 1.21. The first-order chi connectivity index (χ1) is 15.1. The van der Waals surface area contributed by atoms with Crippen molar-refractivity contribution in [2.24, 2.45) is 16.0 Å². The van der Waals surface area contributed by atoms with Crippen LogP contribution < -0.4 is 0 Å². The number of carbonyl (C=O) groups excluding carboxylic acids is 1. The van der Waals surface area contributed by atoms with E-state index in [1.165, 1.54) is 16.8 Å². The lowest BCUT2D eigenvalue weighted by Crippen LogP contribution is -2.36. The Bertz CT molecular complexity index is 831. The van der Waals surface area contributed by atoms with Crippen LogP contribution in [0.1, 0.15) is 45.4 Å². The first kappa shape index (κ1) is 21.5. The van der Waals surface area contributed by atoms with Gasteiger partial charge in [0.15, 0.2) is 11.0 Å². The molecule has 0 aromatic rings. The number of thioether (sulfide) groups is 2. The van der Waals surface area contributed by atoms with E-state index >= 15 is 0 Å². The van der Waals surface area contributed by atoms with Gasteiger partial charge in [-0.05, 0) is 62.3 Å². The summed E-state index contributed by atoms with van der Waals surface area (Å²) in [5.74, 6) is 1.42. The molecule has 5 aliphatic heterocycles. The topological polar surface area (TPSA) is 90.6 Å². The number of rotatable bonds is 4. The molecule has 3 fully saturated rings. The second-order valence-electron chi connectivity index (χ2n) is 8.74. The highest BCUT2D eigenvalue weighted by molar-refractivity contribution is 8.26. The Hall–Kier alpha value is -1.36. The Morgan fingerprint density at radius 2 is 2.06 bits per heavy atom. The summed E-state index contributed by atoms with van der Waals surface area (Å²) in [6.45, 7) is 5.06. The fourth-order valence-electron chi connectivity index (χ4n) is 4.38.